The normalized spacial score (nSPS) is 25.6. The second kappa shape index (κ2) is 13.5. The quantitative estimate of drug-likeness (QED) is 0.182. The topological polar surface area (TPSA) is 145 Å². The van der Waals surface area contributed by atoms with E-state index in [1.807, 2.05) is 12.2 Å². The lowest BCUT2D eigenvalue weighted by Crippen LogP contribution is -2.42. The van der Waals surface area contributed by atoms with Crippen LogP contribution in [0.3, 0.4) is 0 Å². The predicted octanol–water partition coefficient (Wildman–Crippen LogP) is 2.87. The zero-order valence-corrected chi connectivity index (χ0v) is 21.7. The van der Waals surface area contributed by atoms with E-state index in [4.69, 9.17) is 4.74 Å². The fourth-order valence-corrected chi connectivity index (χ4v) is 3.73. The lowest BCUT2D eigenvalue weighted by Gasteiger charge is -2.23. The molecular weight excluding hydrogens is 500 g/mol. The summed E-state index contributed by atoms with van der Waals surface area (Å²) in [6, 6.07) is 0. The molecule has 0 aromatic rings. The molecule has 3 rings (SSSR count). The Morgan fingerprint density at radius 3 is 2.13 bits per heavy atom. The number of amides is 2. The highest BCUT2D eigenvalue weighted by atomic mass is 16.6. The van der Waals surface area contributed by atoms with Crippen LogP contribution >= 0.6 is 0 Å². The number of carbonyl (C=O) groups is 4. The standard InChI is InChI=1S/C30H32N2O7/c1-20(2)13-9-6-7-11-14-24(35)31-21-19-30(38,29-28(39-29)27(21)37)18-12-8-4-3-5-10-15-25(36)32-26-22(33)16-17-23(26)34/h3-15,18-20,28-29,33,38H,16-17H2,1-2H3,(H,31,35)(H,32,36). The first-order chi connectivity index (χ1) is 18.6. The maximum absolute atomic E-state index is 12.4. The molecule has 9 heteroatoms. The smallest absolute Gasteiger partial charge is 0.248 e. The van der Waals surface area contributed by atoms with Gasteiger partial charge in [0.2, 0.25) is 17.6 Å². The van der Waals surface area contributed by atoms with Crippen LogP contribution in [0.15, 0.2) is 108 Å². The van der Waals surface area contributed by atoms with E-state index in [-0.39, 0.29) is 35.8 Å². The predicted molar refractivity (Wildman–Crippen MR) is 146 cm³/mol. The first-order valence-corrected chi connectivity index (χ1v) is 12.5. The number of hydrogen-bond donors (Lipinski definition) is 4. The molecule has 0 aromatic carbocycles. The molecule has 2 amide bonds. The number of allylic oxidation sites excluding steroid dienone is 13. The van der Waals surface area contributed by atoms with Gasteiger partial charge in [-0.1, -0.05) is 80.7 Å². The molecule has 3 unspecified atom stereocenters. The fourth-order valence-electron chi connectivity index (χ4n) is 3.73. The largest absolute Gasteiger partial charge is 0.510 e. The van der Waals surface area contributed by atoms with Gasteiger partial charge < -0.3 is 25.6 Å². The molecule has 0 saturated carbocycles. The molecule has 1 heterocycles. The molecule has 2 aliphatic carbocycles. The van der Waals surface area contributed by atoms with Gasteiger partial charge in [-0.15, -0.1) is 0 Å². The number of rotatable bonds is 11. The highest BCUT2D eigenvalue weighted by Gasteiger charge is 2.59. The van der Waals surface area contributed by atoms with Gasteiger partial charge in [0.05, 0.1) is 5.70 Å². The minimum absolute atomic E-state index is 0.0325. The van der Waals surface area contributed by atoms with Gasteiger partial charge in [-0.25, -0.2) is 0 Å². The molecule has 0 radical (unpaired) electrons. The van der Waals surface area contributed by atoms with E-state index >= 15 is 0 Å². The van der Waals surface area contributed by atoms with E-state index in [9.17, 15) is 29.4 Å². The average Bonchev–Trinajstić information content (AvgIpc) is 3.64. The molecule has 4 N–H and O–H groups in total. The van der Waals surface area contributed by atoms with Crippen molar-refractivity contribution in [3.63, 3.8) is 0 Å². The molecule has 0 spiro atoms. The van der Waals surface area contributed by atoms with Crippen molar-refractivity contribution in [2.45, 2.75) is 44.5 Å². The van der Waals surface area contributed by atoms with Crippen molar-refractivity contribution in [2.24, 2.45) is 5.92 Å². The van der Waals surface area contributed by atoms with Crippen molar-refractivity contribution in [1.29, 1.82) is 0 Å². The molecule has 1 aliphatic heterocycles. The van der Waals surface area contributed by atoms with Gasteiger partial charge in [-0.3, -0.25) is 19.2 Å². The second-order valence-corrected chi connectivity index (χ2v) is 9.37. The molecule has 9 nitrogen and oxygen atoms in total. The van der Waals surface area contributed by atoms with Gasteiger partial charge in [0, 0.05) is 25.0 Å². The molecule has 1 saturated heterocycles. The Labute approximate surface area is 227 Å². The van der Waals surface area contributed by atoms with Crippen LogP contribution in [-0.4, -0.2) is 51.4 Å². The van der Waals surface area contributed by atoms with E-state index < -0.39 is 35.4 Å². The van der Waals surface area contributed by atoms with Crippen LogP contribution in [0, 0.1) is 5.92 Å². The van der Waals surface area contributed by atoms with Crippen molar-refractivity contribution in [1.82, 2.24) is 10.6 Å². The molecule has 1 fully saturated rings. The maximum Gasteiger partial charge on any atom is 0.248 e. The average molecular weight is 533 g/mol. The maximum atomic E-state index is 12.4. The highest BCUT2D eigenvalue weighted by molar-refractivity contribution is 6.06. The Balaban J connectivity index is 1.51. The van der Waals surface area contributed by atoms with Gasteiger partial charge in [0.1, 0.15) is 23.2 Å². The number of aliphatic hydroxyl groups is 2. The number of aliphatic hydroxyl groups excluding tert-OH is 1. The zero-order chi connectivity index (χ0) is 28.4. The van der Waals surface area contributed by atoms with Gasteiger partial charge in [0.25, 0.3) is 0 Å². The van der Waals surface area contributed by atoms with Crippen molar-refractivity contribution in [3.05, 3.63) is 108 Å². The fraction of sp³-hybridized carbons (Fsp3) is 0.267. The third-order valence-corrected chi connectivity index (χ3v) is 5.75. The lowest BCUT2D eigenvalue weighted by molar-refractivity contribution is -0.121. The summed E-state index contributed by atoms with van der Waals surface area (Å²) in [6.45, 7) is 4.11. The van der Waals surface area contributed by atoms with Crippen LogP contribution in [0.2, 0.25) is 0 Å². The summed E-state index contributed by atoms with van der Waals surface area (Å²) in [7, 11) is 0. The molecule has 3 aliphatic rings. The second-order valence-electron chi connectivity index (χ2n) is 9.37. The van der Waals surface area contributed by atoms with Gasteiger partial charge in [0.15, 0.2) is 11.9 Å². The Morgan fingerprint density at radius 1 is 0.923 bits per heavy atom. The third kappa shape index (κ3) is 8.59. The summed E-state index contributed by atoms with van der Waals surface area (Å²) in [5.41, 5.74) is -1.66. The number of fused-ring (bicyclic) bond motifs is 1. The Morgan fingerprint density at radius 2 is 1.51 bits per heavy atom. The molecule has 39 heavy (non-hydrogen) atoms. The van der Waals surface area contributed by atoms with Crippen LogP contribution in [0.4, 0.5) is 0 Å². The summed E-state index contributed by atoms with van der Waals surface area (Å²) in [5, 5.41) is 25.4. The van der Waals surface area contributed by atoms with Crippen molar-refractivity contribution in [3.8, 4) is 0 Å². The molecule has 0 bridgehead atoms. The van der Waals surface area contributed by atoms with Crippen molar-refractivity contribution in [2.75, 3.05) is 0 Å². The number of carbonyl (C=O) groups excluding carboxylic acids is 4. The molecule has 3 atom stereocenters. The lowest BCUT2D eigenvalue weighted by atomic mass is 9.88. The number of epoxide rings is 1. The van der Waals surface area contributed by atoms with Crippen LogP contribution in [0.5, 0.6) is 0 Å². The molecule has 204 valence electrons. The number of ether oxygens (including phenoxy) is 1. The molecule has 0 aromatic heterocycles. The Bertz CT molecular complexity index is 1270. The first-order valence-electron chi connectivity index (χ1n) is 12.5. The number of ketones is 2. The van der Waals surface area contributed by atoms with E-state index in [0.717, 1.165) is 0 Å². The minimum Gasteiger partial charge on any atom is -0.510 e. The minimum atomic E-state index is -1.57. The van der Waals surface area contributed by atoms with Crippen LogP contribution in [0.1, 0.15) is 26.7 Å². The zero-order valence-electron chi connectivity index (χ0n) is 21.7. The van der Waals surface area contributed by atoms with Crippen LogP contribution in [0.25, 0.3) is 0 Å². The number of Topliss-reactive ketones (excluding diaryl/α,β-unsaturated/α-hetero) is 2. The van der Waals surface area contributed by atoms with Gasteiger partial charge >= 0.3 is 0 Å². The summed E-state index contributed by atoms with van der Waals surface area (Å²) in [4.78, 5) is 48.1. The summed E-state index contributed by atoms with van der Waals surface area (Å²) >= 11 is 0. The van der Waals surface area contributed by atoms with E-state index in [1.165, 1.54) is 30.4 Å². The Hall–Kier alpha value is -4.34. The van der Waals surface area contributed by atoms with E-state index in [1.54, 1.807) is 48.6 Å². The number of hydrogen-bond acceptors (Lipinski definition) is 7. The SMILES string of the molecule is CC(C)C=CC=CC=CC(=O)NC1=CC(O)(C=CC=CC=CC=CC(=O)NC2=C(O)CCC2=O)C2OC2C1=O. The monoisotopic (exact) mass is 532 g/mol. The summed E-state index contributed by atoms with van der Waals surface area (Å²) in [5.74, 6) is -1.42. The van der Waals surface area contributed by atoms with Crippen LogP contribution in [-0.2, 0) is 23.9 Å². The van der Waals surface area contributed by atoms with Crippen molar-refractivity contribution >= 4 is 23.4 Å². The summed E-state index contributed by atoms with van der Waals surface area (Å²) < 4.78 is 5.34. The third-order valence-electron chi connectivity index (χ3n) is 5.75. The van der Waals surface area contributed by atoms with Crippen molar-refractivity contribution < 1.29 is 34.1 Å². The first kappa shape index (κ1) is 29.2. The highest BCUT2D eigenvalue weighted by Crippen LogP contribution is 2.40. The summed E-state index contributed by atoms with van der Waals surface area (Å²) in [6.07, 6.45) is 22.6. The van der Waals surface area contributed by atoms with Gasteiger partial charge in [-0.2, -0.15) is 0 Å². The Kier molecular flexibility index (Phi) is 10.1. The van der Waals surface area contributed by atoms with Crippen LogP contribution < -0.4 is 10.6 Å². The molecular formula is C30H32N2O7. The van der Waals surface area contributed by atoms with Gasteiger partial charge in [-0.05, 0) is 18.1 Å². The van der Waals surface area contributed by atoms with E-state index in [2.05, 4.69) is 24.5 Å². The number of nitrogens with one attached hydrogen (secondary N) is 2. The van der Waals surface area contributed by atoms with E-state index in [0.29, 0.717) is 5.92 Å².